The molecule has 0 radical (unpaired) electrons. The molecule has 0 unspecified atom stereocenters. The summed E-state index contributed by atoms with van der Waals surface area (Å²) in [5.41, 5.74) is 1.16. The molecule has 0 aromatic heterocycles. The summed E-state index contributed by atoms with van der Waals surface area (Å²) in [6, 6.07) is 8.04. The second-order valence-corrected chi connectivity index (χ2v) is 4.00. The number of rotatable bonds is 7. The first-order valence-corrected chi connectivity index (χ1v) is 5.79. The van der Waals surface area contributed by atoms with E-state index >= 15 is 0 Å². The zero-order valence-electron chi connectivity index (χ0n) is 9.45. The molecule has 0 aliphatic heterocycles. The van der Waals surface area contributed by atoms with Crippen LogP contribution in [-0.2, 0) is 4.74 Å². The molecule has 0 amide bonds. The lowest BCUT2D eigenvalue weighted by molar-refractivity contribution is 0.0928. The maximum Gasteiger partial charge on any atom is 0.0698 e. The second kappa shape index (κ2) is 7.63. The smallest absolute Gasteiger partial charge is 0.0698 e. The largest absolute Gasteiger partial charge is 0.394 e. The molecule has 0 aliphatic rings. The van der Waals surface area contributed by atoms with E-state index in [-0.39, 0.29) is 12.6 Å². The fourth-order valence-electron chi connectivity index (χ4n) is 1.41. The third-order valence-electron chi connectivity index (χ3n) is 2.28. The van der Waals surface area contributed by atoms with E-state index in [0.717, 1.165) is 17.1 Å². The normalized spacial score (nSPS) is 12.7. The van der Waals surface area contributed by atoms with Crippen LogP contribution in [0.2, 0.25) is 5.02 Å². The Labute approximate surface area is 101 Å². The molecule has 1 rings (SSSR count). The van der Waals surface area contributed by atoms with Gasteiger partial charge in [0.2, 0.25) is 0 Å². The Morgan fingerprint density at radius 3 is 2.94 bits per heavy atom. The number of ether oxygens (including phenoxy) is 1. The average Bonchev–Trinajstić information content (AvgIpc) is 2.28. The molecule has 0 spiro atoms. The molecule has 4 heteroatoms. The van der Waals surface area contributed by atoms with Crippen molar-refractivity contribution in [1.82, 2.24) is 5.32 Å². The molecule has 1 atom stereocenters. The Balaban J connectivity index is 2.27. The van der Waals surface area contributed by atoms with Crippen LogP contribution in [0.25, 0.3) is 0 Å². The van der Waals surface area contributed by atoms with E-state index in [9.17, 15) is 0 Å². The Hall–Kier alpha value is -0.610. The third kappa shape index (κ3) is 4.94. The summed E-state index contributed by atoms with van der Waals surface area (Å²) in [5.74, 6) is 0. The quantitative estimate of drug-likeness (QED) is 0.720. The molecule has 1 aromatic carbocycles. The van der Waals surface area contributed by atoms with E-state index in [1.165, 1.54) is 0 Å². The zero-order chi connectivity index (χ0) is 11.8. The lowest BCUT2D eigenvalue weighted by Crippen LogP contribution is -2.23. The molecular weight excluding hydrogens is 226 g/mol. The van der Waals surface area contributed by atoms with Crippen molar-refractivity contribution in [2.75, 3.05) is 26.4 Å². The minimum absolute atomic E-state index is 0.0733. The van der Waals surface area contributed by atoms with E-state index in [1.54, 1.807) is 0 Å². The first-order valence-electron chi connectivity index (χ1n) is 5.41. The van der Waals surface area contributed by atoms with Crippen LogP contribution in [0, 0.1) is 0 Å². The van der Waals surface area contributed by atoms with Crippen LogP contribution in [-0.4, -0.2) is 31.5 Å². The minimum atomic E-state index is 0.0733. The number of halogens is 1. The van der Waals surface area contributed by atoms with Gasteiger partial charge in [-0.3, -0.25) is 0 Å². The van der Waals surface area contributed by atoms with Crippen molar-refractivity contribution in [3.63, 3.8) is 0 Å². The Morgan fingerprint density at radius 1 is 1.44 bits per heavy atom. The average molecular weight is 244 g/mol. The number of aliphatic hydroxyl groups excluding tert-OH is 1. The second-order valence-electron chi connectivity index (χ2n) is 3.57. The Bertz CT molecular complexity index is 307. The summed E-state index contributed by atoms with van der Waals surface area (Å²) < 4.78 is 5.15. The van der Waals surface area contributed by atoms with Gasteiger partial charge in [-0.25, -0.2) is 0 Å². The summed E-state index contributed by atoms with van der Waals surface area (Å²) in [7, 11) is 0. The van der Waals surface area contributed by atoms with Crippen LogP contribution in [0.3, 0.4) is 0 Å². The van der Waals surface area contributed by atoms with Crippen LogP contribution in [0.5, 0.6) is 0 Å². The van der Waals surface area contributed by atoms with Crippen molar-refractivity contribution in [3.8, 4) is 0 Å². The molecule has 2 N–H and O–H groups in total. The van der Waals surface area contributed by atoms with E-state index in [2.05, 4.69) is 12.2 Å². The molecule has 0 heterocycles. The zero-order valence-corrected chi connectivity index (χ0v) is 10.2. The van der Waals surface area contributed by atoms with Gasteiger partial charge in [-0.1, -0.05) is 23.7 Å². The molecule has 16 heavy (non-hydrogen) atoms. The van der Waals surface area contributed by atoms with E-state index in [4.69, 9.17) is 21.4 Å². The van der Waals surface area contributed by atoms with Gasteiger partial charge in [0.15, 0.2) is 0 Å². The third-order valence-corrected chi connectivity index (χ3v) is 2.52. The van der Waals surface area contributed by atoms with Gasteiger partial charge in [0.05, 0.1) is 19.8 Å². The van der Waals surface area contributed by atoms with Gasteiger partial charge < -0.3 is 15.2 Å². The lowest BCUT2D eigenvalue weighted by Gasteiger charge is -2.14. The molecule has 0 aliphatic carbocycles. The van der Waals surface area contributed by atoms with Gasteiger partial charge in [0.25, 0.3) is 0 Å². The van der Waals surface area contributed by atoms with Crippen LogP contribution in [0.15, 0.2) is 24.3 Å². The minimum Gasteiger partial charge on any atom is -0.394 e. The van der Waals surface area contributed by atoms with E-state index < -0.39 is 0 Å². The van der Waals surface area contributed by atoms with Crippen molar-refractivity contribution in [2.24, 2.45) is 0 Å². The van der Waals surface area contributed by atoms with Crippen LogP contribution in [0.1, 0.15) is 18.5 Å². The fraction of sp³-hybridized carbons (Fsp3) is 0.500. The number of hydrogen-bond acceptors (Lipinski definition) is 3. The SMILES string of the molecule is C[C@@H](NCCOCCO)c1cccc(Cl)c1. The van der Waals surface area contributed by atoms with Gasteiger partial charge in [-0.15, -0.1) is 0 Å². The highest BCUT2D eigenvalue weighted by molar-refractivity contribution is 6.30. The number of nitrogens with one attached hydrogen (secondary N) is 1. The molecule has 3 nitrogen and oxygen atoms in total. The molecule has 0 saturated heterocycles. The van der Waals surface area contributed by atoms with Crippen molar-refractivity contribution in [3.05, 3.63) is 34.9 Å². The lowest BCUT2D eigenvalue weighted by atomic mass is 10.1. The maximum atomic E-state index is 8.52. The van der Waals surface area contributed by atoms with Gasteiger partial charge in [0.1, 0.15) is 0 Å². The van der Waals surface area contributed by atoms with Crippen LogP contribution < -0.4 is 5.32 Å². The van der Waals surface area contributed by atoms with Gasteiger partial charge in [-0.2, -0.15) is 0 Å². The predicted molar refractivity (Wildman–Crippen MR) is 65.8 cm³/mol. The highest BCUT2D eigenvalue weighted by Crippen LogP contribution is 2.16. The molecular formula is C12H18ClNO2. The van der Waals surface area contributed by atoms with Crippen LogP contribution >= 0.6 is 11.6 Å². The number of hydrogen-bond donors (Lipinski definition) is 2. The van der Waals surface area contributed by atoms with Crippen molar-refractivity contribution in [2.45, 2.75) is 13.0 Å². The predicted octanol–water partition coefficient (Wildman–Crippen LogP) is 2.00. The molecule has 1 aromatic rings. The summed E-state index contributed by atoms with van der Waals surface area (Å²) in [6.07, 6.45) is 0. The molecule has 0 bridgehead atoms. The number of benzene rings is 1. The summed E-state index contributed by atoms with van der Waals surface area (Å²) in [6.45, 7) is 3.91. The van der Waals surface area contributed by atoms with Gasteiger partial charge >= 0.3 is 0 Å². The molecule has 0 fully saturated rings. The van der Waals surface area contributed by atoms with Crippen molar-refractivity contribution in [1.29, 1.82) is 0 Å². The number of aliphatic hydroxyl groups is 1. The molecule has 0 saturated carbocycles. The van der Waals surface area contributed by atoms with Gasteiger partial charge in [-0.05, 0) is 24.6 Å². The molecule has 90 valence electrons. The van der Waals surface area contributed by atoms with Crippen LogP contribution in [0.4, 0.5) is 0 Å². The Morgan fingerprint density at radius 2 is 2.25 bits per heavy atom. The van der Waals surface area contributed by atoms with Gasteiger partial charge in [0, 0.05) is 17.6 Å². The van der Waals surface area contributed by atoms with Crippen molar-refractivity contribution >= 4 is 11.6 Å². The topological polar surface area (TPSA) is 41.5 Å². The van der Waals surface area contributed by atoms with E-state index in [0.29, 0.717) is 13.2 Å². The first kappa shape index (κ1) is 13.5. The monoisotopic (exact) mass is 243 g/mol. The summed E-state index contributed by atoms with van der Waals surface area (Å²) in [5, 5.41) is 12.6. The summed E-state index contributed by atoms with van der Waals surface area (Å²) in [4.78, 5) is 0. The first-order chi connectivity index (χ1) is 7.74. The standard InChI is InChI=1S/C12H18ClNO2/c1-10(14-5-7-16-8-6-15)11-3-2-4-12(13)9-11/h2-4,9-10,14-15H,5-8H2,1H3/t10-/m1/s1. The Kier molecular flexibility index (Phi) is 6.42. The van der Waals surface area contributed by atoms with Crippen molar-refractivity contribution < 1.29 is 9.84 Å². The fourth-order valence-corrected chi connectivity index (χ4v) is 1.61. The summed E-state index contributed by atoms with van der Waals surface area (Å²) >= 11 is 5.91. The maximum absolute atomic E-state index is 8.52. The highest BCUT2D eigenvalue weighted by atomic mass is 35.5. The highest BCUT2D eigenvalue weighted by Gasteiger charge is 2.04. The van der Waals surface area contributed by atoms with E-state index in [1.807, 2.05) is 24.3 Å².